The molecule has 0 unspecified atom stereocenters. The van der Waals surface area contributed by atoms with Gasteiger partial charge in [-0.15, -0.1) is 0 Å². The minimum Gasteiger partial charge on any atom is -0.497 e. The number of benzene rings is 1. The smallest absolute Gasteiger partial charge is 0.192 e. The van der Waals surface area contributed by atoms with Crippen LogP contribution in [0.3, 0.4) is 0 Å². The molecule has 0 aromatic heterocycles. The fourth-order valence-electron chi connectivity index (χ4n) is 1.26. The summed E-state index contributed by atoms with van der Waals surface area (Å²) in [6.45, 7) is 1.87. The van der Waals surface area contributed by atoms with Gasteiger partial charge in [-0.25, -0.2) is 0 Å². The van der Waals surface area contributed by atoms with Crippen LogP contribution in [-0.4, -0.2) is 18.2 Å². The van der Waals surface area contributed by atoms with Crippen molar-refractivity contribution in [3.05, 3.63) is 22.7 Å². The molecular formula is C10H13ClN4OS. The monoisotopic (exact) mass is 272 g/mol. The van der Waals surface area contributed by atoms with Crippen molar-refractivity contribution >= 4 is 40.6 Å². The highest BCUT2D eigenvalue weighted by molar-refractivity contribution is 7.80. The van der Waals surface area contributed by atoms with Crippen molar-refractivity contribution in [1.82, 2.24) is 5.32 Å². The third-order valence-electron chi connectivity index (χ3n) is 1.98. The Morgan fingerprint density at radius 1 is 1.53 bits per heavy atom. The Labute approximate surface area is 110 Å². The van der Waals surface area contributed by atoms with Crippen molar-refractivity contribution in [3.8, 4) is 5.75 Å². The molecular weight excluding hydrogens is 260 g/mol. The standard InChI is InChI=1S/C10H13ClN4OS/c1-5-3-6(16-2)4-7(11)8(5)14-10(17)15-9(12)13/h3-4H,1-2H3,(H5,12,13,14,15,17). The van der Waals surface area contributed by atoms with E-state index in [1.54, 1.807) is 13.2 Å². The number of anilines is 1. The van der Waals surface area contributed by atoms with Crippen LogP contribution >= 0.6 is 23.8 Å². The fraction of sp³-hybridized carbons (Fsp3) is 0.200. The first-order valence-electron chi connectivity index (χ1n) is 4.70. The molecule has 0 saturated heterocycles. The highest BCUT2D eigenvalue weighted by atomic mass is 35.5. The Morgan fingerprint density at radius 2 is 2.18 bits per heavy atom. The first-order chi connectivity index (χ1) is 7.93. The minimum absolute atomic E-state index is 0.215. The third-order valence-corrected chi connectivity index (χ3v) is 2.49. The maximum absolute atomic E-state index is 7.05. The number of halogens is 1. The lowest BCUT2D eigenvalue weighted by Crippen LogP contribution is -2.38. The molecule has 0 aliphatic rings. The Hall–Kier alpha value is -1.53. The van der Waals surface area contributed by atoms with Crippen LogP contribution in [-0.2, 0) is 0 Å². The summed E-state index contributed by atoms with van der Waals surface area (Å²) in [5.74, 6) is 0.438. The topological polar surface area (TPSA) is 83.2 Å². The van der Waals surface area contributed by atoms with Crippen molar-refractivity contribution in [1.29, 1.82) is 5.41 Å². The van der Waals surface area contributed by atoms with Gasteiger partial charge in [-0.2, -0.15) is 0 Å². The molecule has 0 spiro atoms. The van der Waals surface area contributed by atoms with Crippen LogP contribution in [0, 0.1) is 12.3 Å². The highest BCUT2D eigenvalue weighted by Crippen LogP contribution is 2.30. The zero-order valence-corrected chi connectivity index (χ0v) is 11.0. The van der Waals surface area contributed by atoms with Crippen molar-refractivity contribution in [2.75, 3.05) is 12.4 Å². The zero-order chi connectivity index (χ0) is 13.0. The van der Waals surface area contributed by atoms with Crippen molar-refractivity contribution in [3.63, 3.8) is 0 Å². The number of guanidine groups is 1. The van der Waals surface area contributed by atoms with Crippen molar-refractivity contribution in [2.45, 2.75) is 6.92 Å². The van der Waals surface area contributed by atoms with Gasteiger partial charge in [0.2, 0.25) is 0 Å². The lowest BCUT2D eigenvalue weighted by atomic mass is 10.2. The molecule has 0 bridgehead atoms. The van der Waals surface area contributed by atoms with E-state index in [0.717, 1.165) is 5.56 Å². The summed E-state index contributed by atoms with van der Waals surface area (Å²) in [4.78, 5) is 0. The predicted molar refractivity (Wildman–Crippen MR) is 74.0 cm³/mol. The summed E-state index contributed by atoms with van der Waals surface area (Å²) in [5.41, 5.74) is 6.70. The van der Waals surface area contributed by atoms with Gasteiger partial charge < -0.3 is 21.1 Å². The van der Waals surface area contributed by atoms with Crippen LogP contribution in [0.15, 0.2) is 12.1 Å². The summed E-state index contributed by atoms with van der Waals surface area (Å²) in [6.07, 6.45) is 0. The molecule has 0 heterocycles. The Morgan fingerprint density at radius 3 is 2.65 bits per heavy atom. The Bertz CT molecular complexity index is 441. The molecule has 1 rings (SSSR count). The van der Waals surface area contributed by atoms with E-state index < -0.39 is 0 Å². The fourth-order valence-corrected chi connectivity index (χ4v) is 1.77. The zero-order valence-electron chi connectivity index (χ0n) is 9.43. The van der Waals surface area contributed by atoms with E-state index in [1.165, 1.54) is 0 Å². The number of aryl methyl sites for hydroxylation is 1. The number of thiocarbonyl (C=S) groups is 1. The first-order valence-corrected chi connectivity index (χ1v) is 5.49. The number of nitrogens with one attached hydrogen (secondary N) is 3. The van der Waals surface area contributed by atoms with Gasteiger partial charge in [-0.1, -0.05) is 11.6 Å². The highest BCUT2D eigenvalue weighted by Gasteiger charge is 2.08. The van der Waals surface area contributed by atoms with Crippen LogP contribution in [0.1, 0.15) is 5.56 Å². The van der Waals surface area contributed by atoms with Crippen LogP contribution in [0.5, 0.6) is 5.75 Å². The summed E-state index contributed by atoms with van der Waals surface area (Å²) < 4.78 is 5.09. The number of rotatable bonds is 2. The maximum atomic E-state index is 7.05. The number of methoxy groups -OCH3 is 1. The molecule has 5 nitrogen and oxygen atoms in total. The van der Waals surface area contributed by atoms with Crippen LogP contribution in [0.25, 0.3) is 0 Å². The maximum Gasteiger partial charge on any atom is 0.192 e. The number of hydrogen-bond acceptors (Lipinski definition) is 3. The van der Waals surface area contributed by atoms with Gasteiger partial charge in [-0.05, 0) is 30.8 Å². The molecule has 5 N–H and O–H groups in total. The molecule has 1 aromatic rings. The third kappa shape index (κ3) is 3.76. The van der Waals surface area contributed by atoms with E-state index in [9.17, 15) is 0 Å². The molecule has 17 heavy (non-hydrogen) atoms. The summed E-state index contributed by atoms with van der Waals surface area (Å²) in [7, 11) is 1.57. The van der Waals surface area contributed by atoms with Gasteiger partial charge >= 0.3 is 0 Å². The summed E-state index contributed by atoms with van der Waals surface area (Å²) >= 11 is 11.0. The number of ether oxygens (including phenoxy) is 1. The first kappa shape index (κ1) is 13.5. The number of hydrogen-bond donors (Lipinski definition) is 4. The van der Waals surface area contributed by atoms with E-state index in [-0.39, 0.29) is 11.1 Å². The van der Waals surface area contributed by atoms with Crippen molar-refractivity contribution in [2.24, 2.45) is 5.73 Å². The van der Waals surface area contributed by atoms with Gasteiger partial charge in [0.15, 0.2) is 11.1 Å². The molecule has 0 aliphatic heterocycles. The van der Waals surface area contributed by atoms with E-state index in [0.29, 0.717) is 16.5 Å². The molecule has 0 radical (unpaired) electrons. The van der Waals surface area contributed by atoms with Gasteiger partial charge in [-0.3, -0.25) is 5.41 Å². The van der Waals surface area contributed by atoms with E-state index in [4.69, 9.17) is 39.7 Å². The average molecular weight is 273 g/mol. The summed E-state index contributed by atoms with van der Waals surface area (Å²) in [5, 5.41) is 13.1. The van der Waals surface area contributed by atoms with Crippen LogP contribution in [0.4, 0.5) is 5.69 Å². The van der Waals surface area contributed by atoms with E-state index >= 15 is 0 Å². The Balaban J connectivity index is 2.91. The molecule has 1 aromatic carbocycles. The van der Waals surface area contributed by atoms with Gasteiger partial charge in [0.25, 0.3) is 0 Å². The summed E-state index contributed by atoms with van der Waals surface area (Å²) in [6, 6.07) is 3.50. The van der Waals surface area contributed by atoms with Crippen molar-refractivity contribution < 1.29 is 4.74 Å². The molecule has 7 heteroatoms. The molecule has 0 aliphatic carbocycles. The van der Waals surface area contributed by atoms with Crippen LogP contribution < -0.4 is 21.1 Å². The van der Waals surface area contributed by atoms with Crippen LogP contribution in [0.2, 0.25) is 5.02 Å². The lowest BCUT2D eigenvalue weighted by Gasteiger charge is -2.14. The largest absolute Gasteiger partial charge is 0.497 e. The second-order valence-electron chi connectivity index (χ2n) is 3.29. The van der Waals surface area contributed by atoms with E-state index in [1.807, 2.05) is 13.0 Å². The number of nitrogens with two attached hydrogens (primary N) is 1. The normalized spacial score (nSPS) is 9.59. The van der Waals surface area contributed by atoms with Gasteiger partial charge in [0.1, 0.15) is 5.75 Å². The lowest BCUT2D eigenvalue weighted by molar-refractivity contribution is 0.414. The minimum atomic E-state index is -0.232. The SMILES string of the molecule is COc1cc(C)c(NC(=S)NC(=N)N)c(Cl)c1. The molecule has 0 amide bonds. The average Bonchev–Trinajstić information content (AvgIpc) is 2.22. The molecule has 0 atom stereocenters. The second-order valence-corrected chi connectivity index (χ2v) is 4.11. The molecule has 92 valence electrons. The second kappa shape index (κ2) is 5.70. The van der Waals surface area contributed by atoms with E-state index in [2.05, 4.69) is 10.6 Å². The predicted octanol–water partition coefficient (Wildman–Crippen LogP) is 1.84. The Kier molecular flexibility index (Phi) is 4.53. The molecule has 0 fully saturated rings. The van der Waals surface area contributed by atoms with Gasteiger partial charge in [0.05, 0.1) is 17.8 Å². The molecule has 0 saturated carbocycles. The quantitative estimate of drug-likeness (QED) is 0.375. The van der Waals surface area contributed by atoms with Gasteiger partial charge in [0, 0.05) is 6.07 Å².